The Morgan fingerprint density at radius 1 is 1.08 bits per heavy atom. The lowest BCUT2D eigenvalue weighted by Gasteiger charge is -2.56. The molecule has 0 spiro atoms. The fourth-order valence-electron chi connectivity index (χ4n) is 6.54. The summed E-state index contributed by atoms with van der Waals surface area (Å²) in [5.41, 5.74) is -0.574. The number of urea groups is 1. The molecule has 0 radical (unpaired) electrons. The van der Waals surface area contributed by atoms with Crippen molar-refractivity contribution in [1.82, 2.24) is 15.5 Å². The Balaban J connectivity index is 1.35. The van der Waals surface area contributed by atoms with Crippen molar-refractivity contribution < 1.29 is 14.4 Å². The zero-order valence-electron chi connectivity index (χ0n) is 16.0. The highest BCUT2D eigenvalue weighted by Crippen LogP contribution is 2.59. The number of hydrogen-bond acceptors (Lipinski definition) is 3. The second-order valence-electron chi connectivity index (χ2n) is 9.30. The first-order chi connectivity index (χ1) is 12.4. The summed E-state index contributed by atoms with van der Waals surface area (Å²) in [6, 6.07) is -0.441. The fraction of sp³-hybridized carbons (Fsp3) is 0.850. The molecule has 1 saturated heterocycles. The molecule has 0 aromatic heterocycles. The van der Waals surface area contributed by atoms with E-state index in [0.717, 1.165) is 22.7 Å². The maximum absolute atomic E-state index is 12.6. The maximum Gasteiger partial charge on any atom is 0.325 e. The Morgan fingerprint density at radius 3 is 2.08 bits per heavy atom. The van der Waals surface area contributed by atoms with Crippen molar-refractivity contribution in [1.29, 1.82) is 0 Å². The third-order valence-electron chi connectivity index (χ3n) is 7.58. The molecule has 1 heterocycles. The van der Waals surface area contributed by atoms with Gasteiger partial charge in [-0.25, -0.2) is 4.79 Å². The quantitative estimate of drug-likeness (QED) is 0.713. The number of nitrogens with one attached hydrogen (secondary N) is 2. The van der Waals surface area contributed by atoms with Crippen LogP contribution in [0.4, 0.5) is 4.79 Å². The van der Waals surface area contributed by atoms with Gasteiger partial charge in [-0.15, -0.1) is 0 Å². The minimum atomic E-state index is -0.836. The molecule has 0 atom stereocenters. The zero-order valence-corrected chi connectivity index (χ0v) is 16.0. The van der Waals surface area contributed by atoms with E-state index in [2.05, 4.69) is 10.6 Å². The molecule has 4 aliphatic carbocycles. The monoisotopic (exact) mass is 361 g/mol. The van der Waals surface area contributed by atoms with Crippen LogP contribution < -0.4 is 10.6 Å². The molecule has 26 heavy (non-hydrogen) atoms. The SMILES string of the molecule is CCC1(CC)NC(=O)N(CC(=O)NCC23CC4CC(CC(C4)C2)C3)C1=O. The molecule has 0 aromatic rings. The van der Waals surface area contributed by atoms with Crippen LogP contribution >= 0.6 is 0 Å². The molecule has 1 aliphatic heterocycles. The van der Waals surface area contributed by atoms with Crippen molar-refractivity contribution in [2.45, 2.75) is 70.8 Å². The molecular formula is C20H31N3O3. The van der Waals surface area contributed by atoms with Gasteiger partial charge in [0.1, 0.15) is 12.1 Å². The highest BCUT2D eigenvalue weighted by atomic mass is 16.2. The Labute approximate surface area is 155 Å². The van der Waals surface area contributed by atoms with E-state index in [4.69, 9.17) is 0 Å². The number of rotatable bonds is 6. The molecule has 6 heteroatoms. The number of imide groups is 1. The summed E-state index contributed by atoms with van der Waals surface area (Å²) in [7, 11) is 0. The summed E-state index contributed by atoms with van der Waals surface area (Å²) >= 11 is 0. The lowest BCUT2D eigenvalue weighted by Crippen LogP contribution is -2.52. The third kappa shape index (κ3) is 2.81. The zero-order chi connectivity index (χ0) is 18.5. The second kappa shape index (κ2) is 6.24. The van der Waals surface area contributed by atoms with Gasteiger partial charge in [-0.05, 0) is 74.5 Å². The summed E-state index contributed by atoms with van der Waals surface area (Å²) in [6.07, 6.45) is 8.92. The van der Waals surface area contributed by atoms with Crippen molar-refractivity contribution in [3.8, 4) is 0 Å². The molecule has 5 rings (SSSR count). The predicted octanol–water partition coefficient (Wildman–Crippen LogP) is 2.43. The van der Waals surface area contributed by atoms with Gasteiger partial charge in [0.15, 0.2) is 0 Å². The van der Waals surface area contributed by atoms with Crippen LogP contribution in [0.2, 0.25) is 0 Å². The molecule has 4 amide bonds. The van der Waals surface area contributed by atoms with Gasteiger partial charge < -0.3 is 10.6 Å². The van der Waals surface area contributed by atoms with Crippen LogP contribution in [-0.2, 0) is 9.59 Å². The number of nitrogens with zero attached hydrogens (tertiary/aromatic N) is 1. The number of hydrogen-bond donors (Lipinski definition) is 2. The summed E-state index contributed by atoms with van der Waals surface area (Å²) in [5.74, 6) is 2.06. The molecule has 2 N–H and O–H groups in total. The summed E-state index contributed by atoms with van der Waals surface area (Å²) in [6.45, 7) is 4.31. The van der Waals surface area contributed by atoms with E-state index in [1.807, 2.05) is 13.8 Å². The number of carbonyl (C=O) groups excluding carboxylic acids is 3. The first-order valence-corrected chi connectivity index (χ1v) is 10.3. The van der Waals surface area contributed by atoms with E-state index < -0.39 is 11.6 Å². The van der Waals surface area contributed by atoms with Crippen molar-refractivity contribution in [3.63, 3.8) is 0 Å². The van der Waals surface area contributed by atoms with Crippen LogP contribution in [0.25, 0.3) is 0 Å². The van der Waals surface area contributed by atoms with Gasteiger partial charge in [0, 0.05) is 6.54 Å². The molecule has 0 aromatic carbocycles. The van der Waals surface area contributed by atoms with Crippen LogP contribution in [0, 0.1) is 23.2 Å². The van der Waals surface area contributed by atoms with Crippen LogP contribution in [-0.4, -0.2) is 41.4 Å². The largest absolute Gasteiger partial charge is 0.354 e. The van der Waals surface area contributed by atoms with E-state index in [-0.39, 0.29) is 23.8 Å². The maximum atomic E-state index is 12.6. The Hall–Kier alpha value is -1.59. The van der Waals surface area contributed by atoms with Crippen LogP contribution in [0.1, 0.15) is 65.2 Å². The molecule has 4 bridgehead atoms. The van der Waals surface area contributed by atoms with Gasteiger partial charge in [-0.3, -0.25) is 14.5 Å². The van der Waals surface area contributed by atoms with E-state index in [0.29, 0.717) is 19.4 Å². The van der Waals surface area contributed by atoms with Gasteiger partial charge >= 0.3 is 6.03 Å². The molecule has 5 aliphatic rings. The lowest BCUT2D eigenvalue weighted by molar-refractivity contribution is -0.135. The van der Waals surface area contributed by atoms with Crippen molar-refractivity contribution >= 4 is 17.8 Å². The first kappa shape index (κ1) is 17.8. The van der Waals surface area contributed by atoms with Crippen molar-refractivity contribution in [3.05, 3.63) is 0 Å². The average Bonchev–Trinajstić information content (AvgIpc) is 2.83. The molecule has 144 valence electrons. The molecule has 0 unspecified atom stereocenters. The topological polar surface area (TPSA) is 78.5 Å². The lowest BCUT2D eigenvalue weighted by atomic mass is 9.49. The van der Waals surface area contributed by atoms with Gasteiger partial charge in [-0.2, -0.15) is 0 Å². The molecular weight excluding hydrogens is 330 g/mol. The molecule has 5 fully saturated rings. The molecule has 6 nitrogen and oxygen atoms in total. The molecule has 4 saturated carbocycles. The van der Waals surface area contributed by atoms with Gasteiger partial charge in [0.2, 0.25) is 5.91 Å². The minimum Gasteiger partial charge on any atom is -0.354 e. The van der Waals surface area contributed by atoms with E-state index in [1.165, 1.54) is 38.5 Å². The normalized spacial score (nSPS) is 37.2. The minimum absolute atomic E-state index is 0.168. The number of carbonyl (C=O) groups is 3. The summed E-state index contributed by atoms with van der Waals surface area (Å²) < 4.78 is 0. The van der Waals surface area contributed by atoms with Crippen LogP contribution in [0.5, 0.6) is 0 Å². The van der Waals surface area contributed by atoms with Crippen LogP contribution in [0.3, 0.4) is 0 Å². The predicted molar refractivity (Wildman–Crippen MR) is 97.2 cm³/mol. The highest BCUT2D eigenvalue weighted by molar-refractivity contribution is 6.08. The Bertz CT molecular complexity index is 591. The van der Waals surface area contributed by atoms with Crippen molar-refractivity contribution in [2.24, 2.45) is 23.2 Å². The number of amides is 4. The first-order valence-electron chi connectivity index (χ1n) is 10.3. The Kier molecular flexibility index (Phi) is 4.27. The Morgan fingerprint density at radius 2 is 1.62 bits per heavy atom. The van der Waals surface area contributed by atoms with Crippen molar-refractivity contribution in [2.75, 3.05) is 13.1 Å². The van der Waals surface area contributed by atoms with E-state index in [9.17, 15) is 14.4 Å². The van der Waals surface area contributed by atoms with Gasteiger partial charge in [-0.1, -0.05) is 13.8 Å². The smallest absolute Gasteiger partial charge is 0.325 e. The third-order valence-corrected chi connectivity index (χ3v) is 7.58. The standard InChI is InChI=1S/C20H31N3O3/c1-3-20(4-2)17(25)23(18(26)22-20)11-16(24)21-12-19-8-13-5-14(9-19)7-15(6-13)10-19/h13-15H,3-12H2,1-2H3,(H,21,24)(H,22,26). The summed E-state index contributed by atoms with van der Waals surface area (Å²) in [5, 5.41) is 5.84. The van der Waals surface area contributed by atoms with Gasteiger partial charge in [0.25, 0.3) is 5.91 Å². The highest BCUT2D eigenvalue weighted by Gasteiger charge is 2.51. The van der Waals surface area contributed by atoms with Gasteiger partial charge in [0.05, 0.1) is 0 Å². The fourth-order valence-corrected chi connectivity index (χ4v) is 6.54. The van der Waals surface area contributed by atoms with Crippen LogP contribution in [0.15, 0.2) is 0 Å². The van der Waals surface area contributed by atoms with E-state index in [1.54, 1.807) is 0 Å². The van der Waals surface area contributed by atoms with E-state index >= 15 is 0 Å². The summed E-state index contributed by atoms with van der Waals surface area (Å²) in [4.78, 5) is 38.4. The average molecular weight is 361 g/mol. The second-order valence-corrected chi connectivity index (χ2v) is 9.30.